The molecular formula is C78H112O6. The number of aryl methyl sites for hydroxylation is 4. The first-order valence-corrected chi connectivity index (χ1v) is 34.1. The number of rotatable bonds is 44. The Morgan fingerprint density at radius 2 is 0.488 bits per heavy atom. The van der Waals surface area contributed by atoms with Crippen molar-refractivity contribution in [3.63, 3.8) is 0 Å². The van der Waals surface area contributed by atoms with Crippen molar-refractivity contribution >= 4 is 23.0 Å². The summed E-state index contributed by atoms with van der Waals surface area (Å²) in [7, 11) is 0. The van der Waals surface area contributed by atoms with Gasteiger partial charge in [0.05, 0.1) is 26.4 Å². The maximum atomic E-state index is 7.19. The second-order valence-electron chi connectivity index (χ2n) is 24.4. The molecule has 2 heterocycles. The molecule has 84 heavy (non-hydrogen) atoms. The number of ether oxygens (including phenoxy) is 6. The molecule has 460 valence electrons. The van der Waals surface area contributed by atoms with Gasteiger partial charge in [0.1, 0.15) is 23.0 Å². The Bertz CT molecular complexity index is 2520. The summed E-state index contributed by atoms with van der Waals surface area (Å²) in [5.41, 5.74) is 10.9. The van der Waals surface area contributed by atoms with E-state index in [-0.39, 0.29) is 0 Å². The topological polar surface area (TPSA) is 55.4 Å². The van der Waals surface area contributed by atoms with E-state index < -0.39 is 0 Å². The first kappa shape index (κ1) is 67.5. The molecule has 0 saturated carbocycles. The molecule has 6 rings (SSSR count). The van der Waals surface area contributed by atoms with Crippen LogP contribution in [0.25, 0.3) is 23.0 Å². The van der Waals surface area contributed by atoms with Gasteiger partial charge in [0.25, 0.3) is 0 Å². The zero-order valence-corrected chi connectivity index (χ0v) is 54.1. The minimum atomic E-state index is 0.639. The molecule has 6 nitrogen and oxygen atoms in total. The molecule has 2 aliphatic heterocycles. The zero-order chi connectivity index (χ0) is 59.4. The van der Waals surface area contributed by atoms with E-state index in [2.05, 4.69) is 152 Å². The second kappa shape index (κ2) is 39.9. The minimum absolute atomic E-state index is 0.639. The first-order valence-electron chi connectivity index (χ1n) is 34.1. The van der Waals surface area contributed by atoms with Crippen LogP contribution in [0, 0.1) is 27.7 Å². The molecule has 0 fully saturated rings. The van der Waals surface area contributed by atoms with Gasteiger partial charge < -0.3 is 28.4 Å². The molecule has 0 saturated heterocycles. The van der Waals surface area contributed by atoms with Gasteiger partial charge in [0.15, 0.2) is 23.0 Å². The number of hydrogen-bond donors (Lipinski definition) is 0. The number of benzene rings is 4. The first-order chi connectivity index (χ1) is 41.2. The lowest BCUT2D eigenvalue weighted by atomic mass is 9.95. The van der Waals surface area contributed by atoms with E-state index in [1.807, 2.05) is 0 Å². The van der Waals surface area contributed by atoms with E-state index in [0.29, 0.717) is 26.4 Å². The second-order valence-corrected chi connectivity index (χ2v) is 24.4. The third-order valence-corrected chi connectivity index (χ3v) is 17.0. The lowest BCUT2D eigenvalue weighted by Crippen LogP contribution is -2.07. The predicted molar refractivity (Wildman–Crippen MR) is 358 cm³/mol. The van der Waals surface area contributed by atoms with E-state index in [4.69, 9.17) is 28.4 Å². The average Bonchev–Trinajstić information content (AvgIpc) is 1.85. The number of hydrogen-bond acceptors (Lipinski definition) is 6. The predicted octanol–water partition coefficient (Wildman–Crippen LogP) is 23.8. The van der Waals surface area contributed by atoms with Crippen LogP contribution in [0.3, 0.4) is 0 Å². The van der Waals surface area contributed by atoms with Crippen LogP contribution >= 0.6 is 0 Å². The normalized spacial score (nSPS) is 13.2. The SMILES string of the molecule is CCCCCCCCCCOc1ccc(C2=CC(=C3C=C(c4ccc(C)c(C)c4)OC(c4ccc(C)c(C)c4)=C3)C=C(c3ccc(OCCCCCCCCCC)c(OCCCCCCCCCC)c3)O2)cc1OCCCCCCCCCC. The highest BCUT2D eigenvalue weighted by atomic mass is 16.5. The van der Waals surface area contributed by atoms with Crippen molar-refractivity contribution in [3.05, 3.63) is 153 Å². The summed E-state index contributed by atoms with van der Waals surface area (Å²) in [5, 5.41) is 0. The highest BCUT2D eigenvalue weighted by molar-refractivity contribution is 5.84. The fourth-order valence-corrected chi connectivity index (χ4v) is 11.2. The van der Waals surface area contributed by atoms with E-state index in [9.17, 15) is 0 Å². The van der Waals surface area contributed by atoms with Gasteiger partial charge >= 0.3 is 0 Å². The highest BCUT2D eigenvalue weighted by Gasteiger charge is 2.24. The molecule has 2 aliphatic rings. The summed E-state index contributed by atoms with van der Waals surface area (Å²) >= 11 is 0. The van der Waals surface area contributed by atoms with Crippen LogP contribution in [0.2, 0.25) is 0 Å². The van der Waals surface area contributed by atoms with Crippen LogP contribution in [0.15, 0.2) is 108 Å². The molecule has 4 aromatic rings. The van der Waals surface area contributed by atoms with Gasteiger partial charge in [-0.3, -0.25) is 0 Å². The standard InChI is InChI=1S/C78H112O6/c1-9-13-17-21-25-29-33-37-49-79-71-47-45-67(55-77(71)81-51-39-35-31-27-23-19-15-11-3)75-59-70(69-57-73(65-43-41-61(5)63(7)53-65)83-74(58-69)66-44-42-62(6)64(8)54-66)60-76(84-75)68-46-48-72(80-50-38-34-30-26-22-18-14-10-2)78(56-68)82-52-40-36-32-28-24-20-16-12-4/h41-48,53-60H,9-40,49-52H2,1-8H3. The van der Waals surface area contributed by atoms with E-state index in [1.165, 1.54) is 189 Å². The molecule has 0 amide bonds. The molecule has 4 aromatic carbocycles. The van der Waals surface area contributed by atoms with Crippen molar-refractivity contribution in [2.24, 2.45) is 0 Å². The van der Waals surface area contributed by atoms with Crippen molar-refractivity contribution in [2.45, 2.75) is 261 Å². The maximum absolute atomic E-state index is 7.19. The van der Waals surface area contributed by atoms with Crippen LogP contribution in [0.1, 0.15) is 278 Å². The van der Waals surface area contributed by atoms with Crippen LogP contribution in [0.4, 0.5) is 0 Å². The fraction of sp³-hybridized carbons (Fsp3) is 0.564. The van der Waals surface area contributed by atoms with Crippen molar-refractivity contribution in [3.8, 4) is 23.0 Å². The summed E-state index contributed by atoms with van der Waals surface area (Å²) in [6, 6.07) is 25.9. The largest absolute Gasteiger partial charge is 0.490 e. The molecule has 0 aromatic heterocycles. The zero-order valence-electron chi connectivity index (χ0n) is 54.1. The van der Waals surface area contributed by atoms with Crippen molar-refractivity contribution in [2.75, 3.05) is 26.4 Å². The Morgan fingerprint density at radius 3 is 0.762 bits per heavy atom. The summed E-state index contributed by atoms with van der Waals surface area (Å²) < 4.78 is 40.8. The van der Waals surface area contributed by atoms with E-state index in [0.717, 1.165) is 118 Å². The Labute approximate surface area is 512 Å². The lowest BCUT2D eigenvalue weighted by molar-refractivity contribution is 0.258. The third-order valence-electron chi connectivity index (χ3n) is 17.0. The van der Waals surface area contributed by atoms with Gasteiger partial charge in [0, 0.05) is 22.3 Å². The smallest absolute Gasteiger partial charge is 0.161 e. The molecule has 0 aliphatic carbocycles. The number of unbranched alkanes of at least 4 members (excludes halogenated alkanes) is 28. The van der Waals surface area contributed by atoms with Gasteiger partial charge in [0.2, 0.25) is 0 Å². The average molecular weight is 1150 g/mol. The number of allylic oxidation sites excluding steroid dienone is 6. The van der Waals surface area contributed by atoms with Crippen LogP contribution in [0.5, 0.6) is 23.0 Å². The van der Waals surface area contributed by atoms with Gasteiger partial charge in [-0.2, -0.15) is 0 Å². The monoisotopic (exact) mass is 1140 g/mol. The van der Waals surface area contributed by atoms with Crippen molar-refractivity contribution in [1.29, 1.82) is 0 Å². The van der Waals surface area contributed by atoms with Crippen molar-refractivity contribution < 1.29 is 28.4 Å². The van der Waals surface area contributed by atoms with Gasteiger partial charge in [-0.1, -0.05) is 232 Å². The summed E-state index contributed by atoms with van der Waals surface area (Å²) in [6.45, 7) is 20.4. The lowest BCUT2D eigenvalue weighted by Gasteiger charge is -2.24. The minimum Gasteiger partial charge on any atom is -0.490 e. The Kier molecular flexibility index (Phi) is 32.1. The quantitative estimate of drug-likeness (QED) is 0.0411. The molecule has 0 unspecified atom stereocenters. The van der Waals surface area contributed by atoms with Gasteiger partial charge in [-0.25, -0.2) is 0 Å². The maximum Gasteiger partial charge on any atom is 0.161 e. The Hall–Kier alpha value is -5.62. The molecule has 6 heteroatoms. The molecule has 0 bridgehead atoms. The summed E-state index contributed by atoms with van der Waals surface area (Å²) in [5.74, 6) is 6.17. The summed E-state index contributed by atoms with van der Waals surface area (Å²) in [4.78, 5) is 0. The Morgan fingerprint density at radius 1 is 0.250 bits per heavy atom. The molecule has 0 radical (unpaired) electrons. The van der Waals surface area contributed by atoms with E-state index in [1.54, 1.807) is 0 Å². The van der Waals surface area contributed by atoms with Crippen LogP contribution in [-0.2, 0) is 9.47 Å². The van der Waals surface area contributed by atoms with Crippen LogP contribution in [-0.4, -0.2) is 26.4 Å². The summed E-state index contributed by atoms with van der Waals surface area (Å²) in [6.07, 6.45) is 48.8. The molecule has 0 N–H and O–H groups in total. The van der Waals surface area contributed by atoms with Crippen molar-refractivity contribution in [1.82, 2.24) is 0 Å². The Balaban J connectivity index is 1.38. The van der Waals surface area contributed by atoms with Gasteiger partial charge in [-0.05, 0) is 160 Å². The molecule has 0 spiro atoms. The van der Waals surface area contributed by atoms with Crippen LogP contribution < -0.4 is 18.9 Å². The molecule has 0 atom stereocenters. The van der Waals surface area contributed by atoms with Gasteiger partial charge in [-0.15, -0.1) is 0 Å². The fourth-order valence-electron chi connectivity index (χ4n) is 11.2. The van der Waals surface area contributed by atoms with E-state index >= 15 is 0 Å². The third kappa shape index (κ3) is 24.0. The molecular weight excluding hydrogens is 1030 g/mol. The highest BCUT2D eigenvalue weighted by Crippen LogP contribution is 2.42.